The Kier molecular flexibility index (Phi) is 9.32. The maximum absolute atomic E-state index is 12.6. The van der Waals surface area contributed by atoms with Gasteiger partial charge < -0.3 is 16.2 Å². The van der Waals surface area contributed by atoms with Crippen LogP contribution in [-0.2, 0) is 22.4 Å². The fourth-order valence-electron chi connectivity index (χ4n) is 4.82. The molecule has 0 spiro atoms. The summed E-state index contributed by atoms with van der Waals surface area (Å²) in [6.07, 6.45) is 10.5. The van der Waals surface area contributed by atoms with Gasteiger partial charge in [0.1, 0.15) is 0 Å². The van der Waals surface area contributed by atoms with Gasteiger partial charge in [-0.1, -0.05) is 67.4 Å². The summed E-state index contributed by atoms with van der Waals surface area (Å²) >= 11 is 0. The molecule has 0 heterocycles. The van der Waals surface area contributed by atoms with Crippen LogP contribution in [0.1, 0.15) is 88.5 Å². The molecule has 1 atom stereocenters. The zero-order valence-corrected chi connectivity index (χ0v) is 22.1. The number of allylic oxidation sites excluding steroid dienone is 1. The molecule has 0 saturated heterocycles. The standard InChI is InChI=1S/C31H44N2O2/c1-30(2,33)22-28(32)31(3,4)29(34)35-20-11-6-5-8-15-24-16-12-17-26-21-25(18-19-27(24)26)23-13-9-7-10-14-23/h7,9-10,12-14,16-17,21,28H,5-6,8,11,15,18-20,22,32-33H2,1-4H3. The minimum atomic E-state index is -0.738. The van der Waals surface area contributed by atoms with Crippen molar-refractivity contribution in [2.45, 2.75) is 90.6 Å². The smallest absolute Gasteiger partial charge is 0.313 e. The number of ether oxygens (including phenoxy) is 1. The predicted octanol–water partition coefficient (Wildman–Crippen LogP) is 6.30. The second kappa shape index (κ2) is 12.0. The Morgan fingerprint density at radius 1 is 0.943 bits per heavy atom. The Morgan fingerprint density at radius 3 is 2.37 bits per heavy atom. The molecule has 0 bridgehead atoms. The number of hydrogen-bond acceptors (Lipinski definition) is 4. The Bertz CT molecular complexity index is 1000. The number of esters is 1. The van der Waals surface area contributed by atoms with Gasteiger partial charge in [0.15, 0.2) is 0 Å². The minimum Gasteiger partial charge on any atom is -0.465 e. The molecule has 0 radical (unpaired) electrons. The van der Waals surface area contributed by atoms with Crippen LogP contribution in [0.5, 0.6) is 0 Å². The van der Waals surface area contributed by atoms with Crippen LogP contribution in [0, 0.1) is 5.41 Å². The SMILES string of the molecule is CC(C)(N)CC(N)C(C)(C)C(=O)OCCCCCCc1cccc2c1CCC(c1ccccc1)=C2. The van der Waals surface area contributed by atoms with E-state index in [9.17, 15) is 4.79 Å². The number of hydrogen-bond donors (Lipinski definition) is 2. The first-order chi connectivity index (χ1) is 16.6. The maximum Gasteiger partial charge on any atom is 0.313 e. The lowest BCUT2D eigenvalue weighted by molar-refractivity contribution is -0.155. The normalized spacial score (nSPS) is 14.7. The Hall–Kier alpha value is -2.43. The quantitative estimate of drug-likeness (QED) is 0.278. The van der Waals surface area contributed by atoms with E-state index in [1.165, 1.54) is 27.8 Å². The second-order valence-corrected chi connectivity index (χ2v) is 11.3. The fourth-order valence-corrected chi connectivity index (χ4v) is 4.82. The molecule has 0 aromatic heterocycles. The molecule has 0 fully saturated rings. The molecular formula is C31H44N2O2. The lowest BCUT2D eigenvalue weighted by atomic mass is 9.79. The van der Waals surface area contributed by atoms with Crippen molar-refractivity contribution in [2.24, 2.45) is 16.9 Å². The summed E-state index contributed by atoms with van der Waals surface area (Å²) in [5.74, 6) is -0.229. The summed E-state index contributed by atoms with van der Waals surface area (Å²) < 4.78 is 5.56. The maximum atomic E-state index is 12.6. The van der Waals surface area contributed by atoms with Crippen LogP contribution >= 0.6 is 0 Å². The van der Waals surface area contributed by atoms with Gasteiger partial charge in [0.2, 0.25) is 0 Å². The number of rotatable bonds is 12. The van der Waals surface area contributed by atoms with Gasteiger partial charge in [-0.3, -0.25) is 4.79 Å². The van der Waals surface area contributed by atoms with E-state index in [-0.39, 0.29) is 12.0 Å². The molecule has 1 aliphatic carbocycles. The van der Waals surface area contributed by atoms with Crippen LogP contribution in [0.15, 0.2) is 48.5 Å². The molecule has 2 aromatic carbocycles. The summed E-state index contributed by atoms with van der Waals surface area (Å²) in [6.45, 7) is 8.01. The van der Waals surface area contributed by atoms with Gasteiger partial charge in [-0.2, -0.15) is 0 Å². The van der Waals surface area contributed by atoms with Crippen molar-refractivity contribution in [3.05, 3.63) is 70.8 Å². The molecule has 0 aliphatic heterocycles. The lowest BCUT2D eigenvalue weighted by Gasteiger charge is -2.33. The Labute approximate surface area is 212 Å². The van der Waals surface area contributed by atoms with Crippen LogP contribution in [0.2, 0.25) is 0 Å². The number of fused-ring (bicyclic) bond motifs is 1. The first-order valence-electron chi connectivity index (χ1n) is 13.2. The Balaban J connectivity index is 1.40. The number of benzene rings is 2. The van der Waals surface area contributed by atoms with E-state index in [1.807, 2.05) is 27.7 Å². The molecule has 4 N–H and O–H groups in total. The van der Waals surface area contributed by atoms with Crippen LogP contribution < -0.4 is 11.5 Å². The van der Waals surface area contributed by atoms with Gasteiger partial charge in [0.25, 0.3) is 0 Å². The van der Waals surface area contributed by atoms with E-state index in [2.05, 4.69) is 54.6 Å². The zero-order chi connectivity index (χ0) is 25.5. The average molecular weight is 477 g/mol. The van der Waals surface area contributed by atoms with Crippen LogP contribution in [0.4, 0.5) is 0 Å². The largest absolute Gasteiger partial charge is 0.465 e. The van der Waals surface area contributed by atoms with Crippen molar-refractivity contribution >= 4 is 17.6 Å². The van der Waals surface area contributed by atoms with E-state index in [1.54, 1.807) is 0 Å². The molecule has 4 heteroatoms. The molecule has 1 aliphatic rings. The van der Waals surface area contributed by atoms with Gasteiger partial charge in [0.05, 0.1) is 12.0 Å². The molecule has 190 valence electrons. The van der Waals surface area contributed by atoms with Crippen molar-refractivity contribution in [1.82, 2.24) is 0 Å². The third-order valence-electron chi connectivity index (χ3n) is 7.20. The first kappa shape index (κ1) is 27.2. The molecule has 0 saturated carbocycles. The van der Waals surface area contributed by atoms with E-state index in [4.69, 9.17) is 16.2 Å². The Morgan fingerprint density at radius 2 is 1.66 bits per heavy atom. The van der Waals surface area contributed by atoms with E-state index >= 15 is 0 Å². The summed E-state index contributed by atoms with van der Waals surface area (Å²) in [5, 5.41) is 0. The van der Waals surface area contributed by atoms with Crippen molar-refractivity contribution in [1.29, 1.82) is 0 Å². The lowest BCUT2D eigenvalue weighted by Crippen LogP contribution is -2.50. The van der Waals surface area contributed by atoms with Gasteiger partial charge >= 0.3 is 5.97 Å². The molecule has 4 nitrogen and oxygen atoms in total. The topological polar surface area (TPSA) is 78.3 Å². The van der Waals surface area contributed by atoms with E-state index < -0.39 is 11.0 Å². The average Bonchev–Trinajstić information content (AvgIpc) is 2.82. The van der Waals surface area contributed by atoms with Crippen molar-refractivity contribution in [2.75, 3.05) is 6.61 Å². The third kappa shape index (κ3) is 7.78. The highest BCUT2D eigenvalue weighted by molar-refractivity contribution is 5.84. The summed E-state index contributed by atoms with van der Waals surface area (Å²) in [4.78, 5) is 12.6. The van der Waals surface area contributed by atoms with E-state index in [0.717, 1.165) is 44.9 Å². The third-order valence-corrected chi connectivity index (χ3v) is 7.20. The highest BCUT2D eigenvalue weighted by Gasteiger charge is 2.38. The van der Waals surface area contributed by atoms with Crippen LogP contribution in [-0.4, -0.2) is 24.2 Å². The molecule has 2 aromatic rings. The number of aryl methyl sites for hydroxylation is 1. The van der Waals surface area contributed by atoms with Crippen molar-refractivity contribution in [3.8, 4) is 0 Å². The second-order valence-electron chi connectivity index (χ2n) is 11.3. The minimum absolute atomic E-state index is 0.229. The summed E-state index contributed by atoms with van der Waals surface area (Å²) in [7, 11) is 0. The van der Waals surface area contributed by atoms with Crippen molar-refractivity contribution in [3.63, 3.8) is 0 Å². The van der Waals surface area contributed by atoms with Gasteiger partial charge in [0, 0.05) is 11.6 Å². The number of carbonyl (C=O) groups is 1. The van der Waals surface area contributed by atoms with Crippen LogP contribution in [0.3, 0.4) is 0 Å². The molecule has 35 heavy (non-hydrogen) atoms. The molecule has 0 amide bonds. The monoisotopic (exact) mass is 476 g/mol. The van der Waals surface area contributed by atoms with Crippen molar-refractivity contribution < 1.29 is 9.53 Å². The number of nitrogens with two attached hydrogens (primary N) is 2. The number of unbranched alkanes of at least 4 members (excludes halogenated alkanes) is 3. The van der Waals surface area contributed by atoms with Crippen LogP contribution in [0.25, 0.3) is 11.6 Å². The highest BCUT2D eigenvalue weighted by Crippen LogP contribution is 2.32. The summed E-state index contributed by atoms with van der Waals surface area (Å²) in [5.41, 5.74) is 18.3. The summed E-state index contributed by atoms with van der Waals surface area (Å²) in [6, 6.07) is 17.1. The fraction of sp³-hybridized carbons (Fsp3) is 0.516. The molecule has 1 unspecified atom stereocenters. The van der Waals surface area contributed by atoms with Gasteiger partial charge in [-0.15, -0.1) is 0 Å². The zero-order valence-electron chi connectivity index (χ0n) is 22.1. The van der Waals surface area contributed by atoms with Gasteiger partial charge in [-0.25, -0.2) is 0 Å². The van der Waals surface area contributed by atoms with Gasteiger partial charge in [-0.05, 0) is 94.0 Å². The first-order valence-corrected chi connectivity index (χ1v) is 13.2. The molecular weight excluding hydrogens is 432 g/mol. The highest BCUT2D eigenvalue weighted by atomic mass is 16.5. The number of carbonyl (C=O) groups excluding carboxylic acids is 1. The van der Waals surface area contributed by atoms with E-state index in [0.29, 0.717) is 13.0 Å². The molecule has 3 rings (SSSR count). The predicted molar refractivity (Wildman–Crippen MR) is 147 cm³/mol.